The molecular formula is C43H46N4O6S2. The molecule has 4 aromatic heterocycles. The molecule has 0 bridgehead atoms. The molecule has 55 heavy (non-hydrogen) atoms. The number of hydrogen-bond donors (Lipinski definition) is 1. The summed E-state index contributed by atoms with van der Waals surface area (Å²) in [4.78, 5) is 57.8. The Morgan fingerprint density at radius 1 is 0.727 bits per heavy atom. The number of carbonyl (C=O) groups is 2. The van der Waals surface area contributed by atoms with Crippen molar-refractivity contribution >= 4 is 55.0 Å². The standard InChI is InChI=1S/C22H24N2O3S.C21H22N2O3S/c1-13(2)12-24-19-7-4-14(9-20(19)28-22(24)26)8-18-17(21(25)27-3)10-16(11-23-18)15-5-6-15;1-12(2)11-23-18-6-3-13(8-19(18)27-21(23)26)7-17-16(20(24)25)9-15(10-22-17)14-4-5-14/h4,7,9-11,13,15H,5-6,8,12H2,1-3H3;3,6,8-10,12,14H,4-5,7,11H2,1-2H3,(H,24,25). The van der Waals surface area contributed by atoms with Gasteiger partial charge in [-0.05, 0) is 108 Å². The molecule has 4 heterocycles. The highest BCUT2D eigenvalue weighted by Crippen LogP contribution is 2.41. The van der Waals surface area contributed by atoms with Crippen LogP contribution in [0.3, 0.4) is 0 Å². The maximum atomic E-state index is 12.3. The highest BCUT2D eigenvalue weighted by molar-refractivity contribution is 7.16. The molecule has 0 atom stereocenters. The van der Waals surface area contributed by atoms with Crippen molar-refractivity contribution in [2.24, 2.45) is 11.8 Å². The lowest BCUT2D eigenvalue weighted by molar-refractivity contribution is 0.0598. The number of carboxylic acids is 1. The van der Waals surface area contributed by atoms with Crippen molar-refractivity contribution in [3.05, 3.63) is 125 Å². The van der Waals surface area contributed by atoms with E-state index < -0.39 is 5.97 Å². The summed E-state index contributed by atoms with van der Waals surface area (Å²) >= 11 is 2.51. The molecule has 0 aliphatic heterocycles. The zero-order chi connectivity index (χ0) is 39.0. The van der Waals surface area contributed by atoms with Crippen LogP contribution in [-0.4, -0.2) is 43.3 Å². The molecule has 0 radical (unpaired) electrons. The van der Waals surface area contributed by atoms with E-state index in [4.69, 9.17) is 4.74 Å². The van der Waals surface area contributed by atoms with Crippen molar-refractivity contribution in [3.63, 3.8) is 0 Å². The van der Waals surface area contributed by atoms with Gasteiger partial charge in [0.25, 0.3) is 0 Å². The monoisotopic (exact) mass is 778 g/mol. The Bertz CT molecular complexity index is 2520. The van der Waals surface area contributed by atoms with Crippen LogP contribution in [0.25, 0.3) is 20.4 Å². The molecule has 286 valence electrons. The third-order valence-corrected chi connectivity index (χ3v) is 11.9. The minimum atomic E-state index is -0.936. The minimum absolute atomic E-state index is 0.0500. The molecule has 6 aromatic rings. The first-order chi connectivity index (χ1) is 26.4. The van der Waals surface area contributed by atoms with Crippen molar-refractivity contribution in [3.8, 4) is 0 Å². The van der Waals surface area contributed by atoms with Crippen LogP contribution in [0, 0.1) is 11.8 Å². The summed E-state index contributed by atoms with van der Waals surface area (Å²) in [5.41, 5.74) is 8.15. The predicted octanol–water partition coefficient (Wildman–Crippen LogP) is 8.65. The van der Waals surface area contributed by atoms with Gasteiger partial charge in [-0.3, -0.25) is 28.7 Å². The van der Waals surface area contributed by atoms with Gasteiger partial charge in [0.15, 0.2) is 0 Å². The number of ether oxygens (including phenoxy) is 1. The summed E-state index contributed by atoms with van der Waals surface area (Å²) in [5, 5.41) is 9.58. The zero-order valence-electron chi connectivity index (χ0n) is 31.8. The average molecular weight is 779 g/mol. The number of aromatic carboxylic acids is 1. The van der Waals surface area contributed by atoms with E-state index in [1.54, 1.807) is 6.07 Å². The summed E-state index contributed by atoms with van der Waals surface area (Å²) in [7, 11) is 1.40. The fraction of sp³-hybridized carbons (Fsp3) is 0.395. The number of aromatic nitrogens is 4. The number of esters is 1. The van der Waals surface area contributed by atoms with E-state index in [0.717, 1.165) is 74.9 Å². The van der Waals surface area contributed by atoms with Crippen molar-refractivity contribution < 1.29 is 19.4 Å². The molecule has 0 amide bonds. The fourth-order valence-corrected chi connectivity index (χ4v) is 8.88. The fourth-order valence-electron chi connectivity index (χ4n) is 6.96. The van der Waals surface area contributed by atoms with Gasteiger partial charge in [0, 0.05) is 38.3 Å². The van der Waals surface area contributed by atoms with E-state index in [1.807, 2.05) is 64.0 Å². The number of fused-ring (bicyclic) bond motifs is 2. The van der Waals surface area contributed by atoms with Gasteiger partial charge >= 0.3 is 21.7 Å². The molecule has 2 saturated carbocycles. The summed E-state index contributed by atoms with van der Waals surface area (Å²) in [6, 6.07) is 15.7. The number of carboxylic acid groups (broad SMARTS) is 1. The van der Waals surface area contributed by atoms with Crippen molar-refractivity contribution in [1.29, 1.82) is 0 Å². The molecule has 2 aliphatic rings. The molecule has 0 spiro atoms. The van der Waals surface area contributed by atoms with Gasteiger partial charge in [0.05, 0.1) is 50.1 Å². The van der Waals surface area contributed by atoms with Gasteiger partial charge in [-0.25, -0.2) is 9.59 Å². The zero-order valence-corrected chi connectivity index (χ0v) is 33.5. The SMILES string of the molecule is CC(C)Cn1c(=O)sc2cc(Cc3ncc(C4CC4)cc3C(=O)O)ccc21.COC(=O)c1cc(C2CC2)cnc1Cc1ccc2c(c1)sc(=O)n2CC(C)C. The number of benzene rings is 2. The smallest absolute Gasteiger partial charge is 0.339 e. The second-order valence-corrected chi connectivity index (χ2v) is 17.6. The normalized spacial score (nSPS) is 14.1. The topological polar surface area (TPSA) is 133 Å². The number of nitrogens with zero attached hydrogens (tertiary/aromatic N) is 4. The predicted molar refractivity (Wildman–Crippen MR) is 218 cm³/mol. The maximum absolute atomic E-state index is 12.3. The molecule has 2 aromatic carbocycles. The van der Waals surface area contributed by atoms with Crippen molar-refractivity contribution in [2.75, 3.05) is 7.11 Å². The van der Waals surface area contributed by atoms with Crippen LogP contribution in [0.15, 0.2) is 70.5 Å². The lowest BCUT2D eigenvalue weighted by atomic mass is 10.0. The second kappa shape index (κ2) is 16.0. The second-order valence-electron chi connectivity index (χ2n) is 15.6. The summed E-state index contributed by atoms with van der Waals surface area (Å²) in [6.07, 6.45) is 9.21. The number of hydrogen-bond acceptors (Lipinski definition) is 9. The Hall–Kier alpha value is -4.94. The molecule has 2 aliphatic carbocycles. The molecule has 8 rings (SSSR count). The van der Waals surface area contributed by atoms with E-state index in [9.17, 15) is 24.3 Å². The summed E-state index contributed by atoms with van der Waals surface area (Å²) < 4.78 is 10.5. The molecule has 0 unspecified atom stereocenters. The molecule has 2 fully saturated rings. The Labute approximate surface area is 327 Å². The van der Waals surface area contributed by atoms with Crippen LogP contribution in [0.4, 0.5) is 0 Å². The average Bonchev–Trinajstić information content (AvgIpc) is 4.09. The molecular weight excluding hydrogens is 733 g/mol. The number of rotatable bonds is 12. The minimum Gasteiger partial charge on any atom is -0.478 e. The Balaban J connectivity index is 0.000000169. The van der Waals surface area contributed by atoms with Crippen molar-refractivity contribution in [1.82, 2.24) is 19.1 Å². The van der Waals surface area contributed by atoms with Gasteiger partial charge in [-0.15, -0.1) is 0 Å². The van der Waals surface area contributed by atoms with E-state index in [1.165, 1.54) is 29.8 Å². The molecule has 12 heteroatoms. The molecule has 1 N–H and O–H groups in total. The number of pyridine rings is 2. The van der Waals surface area contributed by atoms with Gasteiger partial charge in [-0.1, -0.05) is 62.5 Å². The Kier molecular flexibility index (Phi) is 11.2. The molecule has 10 nitrogen and oxygen atoms in total. The van der Waals surface area contributed by atoms with Gasteiger partial charge in [0.1, 0.15) is 0 Å². The largest absolute Gasteiger partial charge is 0.478 e. The highest BCUT2D eigenvalue weighted by atomic mass is 32.1. The van der Waals surface area contributed by atoms with Crippen molar-refractivity contribution in [2.45, 2.75) is 91.1 Å². The van der Waals surface area contributed by atoms with Crippen LogP contribution in [-0.2, 0) is 30.7 Å². The first-order valence-corrected chi connectivity index (χ1v) is 20.6. The van der Waals surface area contributed by atoms with E-state index in [2.05, 4.69) is 37.7 Å². The van der Waals surface area contributed by atoms with Crippen LogP contribution < -0.4 is 9.75 Å². The first kappa shape index (κ1) is 38.3. The number of thiazole rings is 2. The maximum Gasteiger partial charge on any atom is 0.339 e. The van der Waals surface area contributed by atoms with Crippen LogP contribution in [0.5, 0.6) is 0 Å². The highest BCUT2D eigenvalue weighted by Gasteiger charge is 2.27. The van der Waals surface area contributed by atoms with E-state index in [-0.39, 0.29) is 21.3 Å². The number of methoxy groups -OCH3 is 1. The Morgan fingerprint density at radius 2 is 1.16 bits per heavy atom. The quantitative estimate of drug-likeness (QED) is 0.122. The summed E-state index contributed by atoms with van der Waals surface area (Å²) in [5.74, 6) is 0.519. The van der Waals surface area contributed by atoms with E-state index >= 15 is 0 Å². The van der Waals surface area contributed by atoms with Crippen LogP contribution in [0.2, 0.25) is 0 Å². The van der Waals surface area contributed by atoms with Crippen LogP contribution >= 0.6 is 22.7 Å². The lowest BCUT2D eigenvalue weighted by Crippen LogP contribution is -2.16. The number of carbonyl (C=O) groups excluding carboxylic acids is 1. The lowest BCUT2D eigenvalue weighted by Gasteiger charge is -2.10. The first-order valence-electron chi connectivity index (χ1n) is 18.9. The van der Waals surface area contributed by atoms with Crippen LogP contribution in [0.1, 0.15) is 120 Å². The summed E-state index contributed by atoms with van der Waals surface area (Å²) in [6.45, 7) is 9.81. The van der Waals surface area contributed by atoms with Gasteiger partial charge in [0.2, 0.25) is 0 Å². The Morgan fingerprint density at radius 3 is 1.56 bits per heavy atom. The van der Waals surface area contributed by atoms with E-state index in [0.29, 0.717) is 60.0 Å². The third kappa shape index (κ3) is 8.81. The van der Waals surface area contributed by atoms with Gasteiger partial charge < -0.3 is 9.84 Å². The van der Waals surface area contributed by atoms with Gasteiger partial charge in [-0.2, -0.15) is 0 Å². The molecule has 0 saturated heterocycles. The third-order valence-electron chi connectivity index (χ3n) is 10.0.